The van der Waals surface area contributed by atoms with Crippen molar-refractivity contribution in [2.75, 3.05) is 5.32 Å². The lowest BCUT2D eigenvalue weighted by Crippen LogP contribution is -2.50. The first-order valence-electron chi connectivity index (χ1n) is 7.14. The number of amides is 1. The van der Waals surface area contributed by atoms with Gasteiger partial charge in [0.1, 0.15) is 5.69 Å². The standard InChI is InChI=1S/C14H13ClN6OS/c15-8-5-17-13(18-6-8)20-10-3-9(4-10)19-12(22)11-7-23-14-16-1-2-21(11)14/h1-2,5-7,9-10H,3-4H2,(H,19,22)(H,17,18,20). The monoisotopic (exact) mass is 348 g/mol. The fraction of sp³-hybridized carbons (Fsp3) is 0.286. The van der Waals surface area contributed by atoms with E-state index < -0.39 is 0 Å². The van der Waals surface area contributed by atoms with Crippen LogP contribution in [0.25, 0.3) is 4.96 Å². The van der Waals surface area contributed by atoms with E-state index in [1.165, 1.54) is 11.3 Å². The van der Waals surface area contributed by atoms with Crippen LogP contribution in [0.15, 0.2) is 30.2 Å². The second kappa shape index (κ2) is 5.78. The molecule has 2 N–H and O–H groups in total. The number of nitrogens with zero attached hydrogens (tertiary/aromatic N) is 4. The molecule has 3 heterocycles. The van der Waals surface area contributed by atoms with Gasteiger partial charge in [0.05, 0.1) is 17.4 Å². The van der Waals surface area contributed by atoms with Crippen molar-refractivity contribution in [3.63, 3.8) is 0 Å². The number of aromatic nitrogens is 4. The lowest BCUT2D eigenvalue weighted by molar-refractivity contribution is 0.0907. The molecule has 0 unspecified atom stereocenters. The Morgan fingerprint density at radius 3 is 2.83 bits per heavy atom. The van der Waals surface area contributed by atoms with Crippen molar-refractivity contribution in [1.82, 2.24) is 24.7 Å². The number of nitrogens with one attached hydrogen (secondary N) is 2. The molecule has 9 heteroatoms. The molecule has 0 atom stereocenters. The summed E-state index contributed by atoms with van der Waals surface area (Å²) >= 11 is 7.21. The molecule has 1 fully saturated rings. The van der Waals surface area contributed by atoms with Crippen LogP contribution < -0.4 is 10.6 Å². The van der Waals surface area contributed by atoms with Crippen LogP contribution in [-0.2, 0) is 0 Å². The topological polar surface area (TPSA) is 84.2 Å². The minimum Gasteiger partial charge on any atom is -0.351 e. The number of carbonyl (C=O) groups is 1. The zero-order valence-corrected chi connectivity index (χ0v) is 13.5. The first kappa shape index (κ1) is 14.4. The second-order valence-corrected chi connectivity index (χ2v) is 6.68. The Kier molecular flexibility index (Phi) is 3.62. The maximum absolute atomic E-state index is 12.3. The van der Waals surface area contributed by atoms with Crippen molar-refractivity contribution in [1.29, 1.82) is 0 Å². The van der Waals surface area contributed by atoms with Gasteiger partial charge in [-0.25, -0.2) is 15.0 Å². The fourth-order valence-electron chi connectivity index (χ4n) is 2.57. The largest absolute Gasteiger partial charge is 0.351 e. The van der Waals surface area contributed by atoms with Gasteiger partial charge in [-0.1, -0.05) is 11.6 Å². The van der Waals surface area contributed by atoms with Crippen molar-refractivity contribution in [3.8, 4) is 0 Å². The summed E-state index contributed by atoms with van der Waals surface area (Å²) in [6, 6.07) is 0.419. The molecule has 0 saturated heterocycles. The summed E-state index contributed by atoms with van der Waals surface area (Å²) in [4.78, 5) is 25.5. The molecule has 4 rings (SSSR count). The average molecular weight is 349 g/mol. The summed E-state index contributed by atoms with van der Waals surface area (Å²) in [6.45, 7) is 0. The van der Waals surface area contributed by atoms with E-state index in [0.717, 1.165) is 17.8 Å². The lowest BCUT2D eigenvalue weighted by Gasteiger charge is -2.36. The first-order chi connectivity index (χ1) is 11.2. The molecular formula is C14H13ClN6OS. The van der Waals surface area contributed by atoms with Crippen LogP contribution in [0, 0.1) is 0 Å². The number of fused-ring (bicyclic) bond motifs is 1. The molecule has 7 nitrogen and oxygen atoms in total. The van der Waals surface area contributed by atoms with E-state index >= 15 is 0 Å². The van der Waals surface area contributed by atoms with Crippen LogP contribution in [0.5, 0.6) is 0 Å². The number of rotatable bonds is 4. The fourth-order valence-corrected chi connectivity index (χ4v) is 3.50. The minimum absolute atomic E-state index is 0.0690. The van der Waals surface area contributed by atoms with E-state index in [9.17, 15) is 4.79 Å². The highest BCUT2D eigenvalue weighted by molar-refractivity contribution is 7.15. The Hall–Kier alpha value is -2.19. The van der Waals surface area contributed by atoms with Gasteiger partial charge in [-0.15, -0.1) is 11.3 Å². The summed E-state index contributed by atoms with van der Waals surface area (Å²) in [5.41, 5.74) is 0.625. The molecule has 0 aliphatic heterocycles. The Labute approximate surface area is 140 Å². The van der Waals surface area contributed by atoms with Crippen molar-refractivity contribution >= 4 is 39.8 Å². The molecule has 0 bridgehead atoms. The quantitative estimate of drug-likeness (QED) is 0.755. The van der Waals surface area contributed by atoms with Crippen molar-refractivity contribution in [2.24, 2.45) is 0 Å². The zero-order valence-electron chi connectivity index (χ0n) is 11.9. The van der Waals surface area contributed by atoms with Gasteiger partial charge in [-0.2, -0.15) is 0 Å². The van der Waals surface area contributed by atoms with Crippen molar-refractivity contribution in [2.45, 2.75) is 24.9 Å². The number of hydrogen-bond donors (Lipinski definition) is 2. The normalized spacial score (nSPS) is 20.2. The highest BCUT2D eigenvalue weighted by Gasteiger charge is 2.31. The van der Waals surface area contributed by atoms with Crippen molar-refractivity contribution < 1.29 is 4.79 Å². The lowest BCUT2D eigenvalue weighted by atomic mass is 9.87. The first-order valence-corrected chi connectivity index (χ1v) is 8.40. The van der Waals surface area contributed by atoms with Crippen molar-refractivity contribution in [3.05, 3.63) is 40.9 Å². The molecule has 1 amide bonds. The predicted octanol–water partition coefficient (Wildman–Crippen LogP) is 2.21. The van der Waals surface area contributed by atoms with Gasteiger partial charge in [-0.3, -0.25) is 9.20 Å². The van der Waals surface area contributed by atoms with Crippen LogP contribution in [0.3, 0.4) is 0 Å². The van der Waals surface area contributed by atoms with Gasteiger partial charge in [0.15, 0.2) is 4.96 Å². The summed E-state index contributed by atoms with van der Waals surface area (Å²) < 4.78 is 1.80. The summed E-state index contributed by atoms with van der Waals surface area (Å²) in [7, 11) is 0. The van der Waals surface area contributed by atoms with Gasteiger partial charge in [-0.05, 0) is 12.8 Å². The summed E-state index contributed by atoms with van der Waals surface area (Å²) in [5, 5.41) is 8.60. The average Bonchev–Trinajstić information content (AvgIpc) is 3.09. The molecule has 1 aliphatic carbocycles. The minimum atomic E-state index is -0.0690. The van der Waals surface area contributed by atoms with E-state index in [4.69, 9.17) is 11.6 Å². The summed E-state index contributed by atoms with van der Waals surface area (Å²) in [5.74, 6) is 0.488. The maximum Gasteiger partial charge on any atom is 0.269 e. The van der Waals surface area contributed by atoms with Crippen LogP contribution >= 0.6 is 22.9 Å². The molecule has 118 valence electrons. The number of carbonyl (C=O) groups excluding carboxylic acids is 1. The van der Waals surface area contributed by atoms with Crippen LogP contribution in [0.4, 0.5) is 5.95 Å². The molecule has 0 aromatic carbocycles. The van der Waals surface area contributed by atoms with E-state index in [0.29, 0.717) is 16.7 Å². The highest BCUT2D eigenvalue weighted by Crippen LogP contribution is 2.24. The summed E-state index contributed by atoms with van der Waals surface area (Å²) in [6.07, 6.45) is 8.29. The Bertz CT molecular complexity index is 838. The third-order valence-corrected chi connectivity index (χ3v) is 4.85. The number of anilines is 1. The van der Waals surface area contributed by atoms with E-state index in [2.05, 4.69) is 25.6 Å². The Balaban J connectivity index is 1.31. The molecule has 3 aromatic rings. The van der Waals surface area contributed by atoms with Gasteiger partial charge in [0.25, 0.3) is 5.91 Å². The Morgan fingerprint density at radius 1 is 1.26 bits per heavy atom. The third-order valence-electron chi connectivity index (χ3n) is 3.80. The van der Waals surface area contributed by atoms with Gasteiger partial charge in [0.2, 0.25) is 5.95 Å². The predicted molar refractivity (Wildman–Crippen MR) is 88.0 cm³/mol. The molecule has 0 spiro atoms. The van der Waals surface area contributed by atoms with Crippen LogP contribution in [-0.4, -0.2) is 37.3 Å². The molecule has 0 radical (unpaired) electrons. The highest BCUT2D eigenvalue weighted by atomic mass is 35.5. The van der Waals surface area contributed by atoms with E-state index in [1.54, 1.807) is 29.2 Å². The molecule has 1 saturated carbocycles. The molecular weight excluding hydrogens is 336 g/mol. The SMILES string of the molecule is O=C(NC1CC(Nc2ncc(Cl)cn2)C1)c1csc2nccn12. The van der Waals surface area contributed by atoms with Crippen LogP contribution in [0.2, 0.25) is 5.02 Å². The molecule has 23 heavy (non-hydrogen) atoms. The van der Waals surface area contributed by atoms with E-state index in [1.807, 2.05) is 5.38 Å². The molecule has 3 aromatic heterocycles. The zero-order chi connectivity index (χ0) is 15.8. The van der Waals surface area contributed by atoms with E-state index in [-0.39, 0.29) is 18.0 Å². The number of thiazole rings is 1. The number of hydrogen-bond acceptors (Lipinski definition) is 6. The maximum atomic E-state index is 12.3. The van der Waals surface area contributed by atoms with Crippen LogP contribution in [0.1, 0.15) is 23.3 Å². The third kappa shape index (κ3) is 2.87. The Morgan fingerprint density at radius 2 is 2.04 bits per heavy atom. The number of halogens is 1. The number of imidazole rings is 1. The second-order valence-electron chi connectivity index (χ2n) is 5.41. The molecule has 1 aliphatic rings. The van der Waals surface area contributed by atoms with Gasteiger partial charge < -0.3 is 10.6 Å². The smallest absolute Gasteiger partial charge is 0.269 e. The van der Waals surface area contributed by atoms with Gasteiger partial charge in [0, 0.05) is 29.9 Å². The van der Waals surface area contributed by atoms with Gasteiger partial charge >= 0.3 is 0 Å².